The fraction of sp³-hybridized carbons (Fsp3) is 0.231. The van der Waals surface area contributed by atoms with Gasteiger partial charge in [-0.2, -0.15) is 5.10 Å². The Bertz CT molecular complexity index is 741. The molecule has 21 heavy (non-hydrogen) atoms. The van der Waals surface area contributed by atoms with E-state index in [0.29, 0.717) is 40.4 Å². The van der Waals surface area contributed by atoms with Crippen LogP contribution in [0.5, 0.6) is 17.2 Å². The predicted molar refractivity (Wildman–Crippen MR) is 76.0 cm³/mol. The quantitative estimate of drug-likeness (QED) is 0.856. The van der Waals surface area contributed by atoms with Gasteiger partial charge >= 0.3 is 5.97 Å². The van der Waals surface area contributed by atoms with Crippen LogP contribution in [0.4, 0.5) is 0 Å². The van der Waals surface area contributed by atoms with E-state index < -0.39 is 5.97 Å². The summed E-state index contributed by atoms with van der Waals surface area (Å²) in [7, 11) is 1.60. The number of phenols is 1. The Morgan fingerprint density at radius 2 is 2.10 bits per heavy atom. The van der Waals surface area contributed by atoms with Crippen LogP contribution in [-0.4, -0.2) is 39.2 Å². The molecule has 0 saturated carbocycles. The number of fused-ring (bicyclic) bond motifs is 1. The first-order chi connectivity index (χ1) is 9.99. The highest BCUT2D eigenvalue weighted by atomic mass is 79.9. The number of aromatic carboxylic acids is 1. The second kappa shape index (κ2) is 4.96. The second-order valence-electron chi connectivity index (χ2n) is 4.45. The average Bonchev–Trinajstić information content (AvgIpc) is 2.85. The summed E-state index contributed by atoms with van der Waals surface area (Å²) in [6, 6.07) is 3.00. The Hall–Kier alpha value is -2.22. The van der Waals surface area contributed by atoms with E-state index in [1.54, 1.807) is 13.1 Å². The molecule has 2 aromatic rings. The van der Waals surface area contributed by atoms with Crippen LogP contribution >= 0.6 is 15.9 Å². The zero-order chi connectivity index (χ0) is 15.1. The molecule has 1 aliphatic rings. The van der Waals surface area contributed by atoms with Crippen molar-refractivity contribution in [1.29, 1.82) is 0 Å². The first kappa shape index (κ1) is 13.7. The summed E-state index contributed by atoms with van der Waals surface area (Å²) in [6.45, 7) is 0.814. The van der Waals surface area contributed by atoms with Gasteiger partial charge in [-0.05, 0) is 28.1 Å². The zero-order valence-corrected chi connectivity index (χ0v) is 12.5. The molecule has 0 bridgehead atoms. The van der Waals surface area contributed by atoms with Crippen molar-refractivity contribution in [3.63, 3.8) is 0 Å². The van der Waals surface area contributed by atoms with Crippen molar-refractivity contribution in [2.24, 2.45) is 7.05 Å². The van der Waals surface area contributed by atoms with E-state index in [4.69, 9.17) is 14.6 Å². The third kappa shape index (κ3) is 2.21. The molecule has 3 rings (SSSR count). The number of ether oxygens (including phenoxy) is 2. The summed E-state index contributed by atoms with van der Waals surface area (Å²) in [6.07, 6.45) is 0. The van der Waals surface area contributed by atoms with E-state index in [9.17, 15) is 9.90 Å². The van der Waals surface area contributed by atoms with Crippen LogP contribution in [-0.2, 0) is 7.05 Å². The van der Waals surface area contributed by atoms with Gasteiger partial charge in [-0.1, -0.05) is 0 Å². The van der Waals surface area contributed by atoms with Crippen molar-refractivity contribution < 1.29 is 24.5 Å². The van der Waals surface area contributed by atoms with Crippen LogP contribution in [0, 0.1) is 0 Å². The molecule has 110 valence electrons. The largest absolute Gasteiger partial charge is 0.506 e. The number of carboxylic acids is 1. The Balaban J connectivity index is 2.19. The third-order valence-corrected chi connectivity index (χ3v) is 3.86. The van der Waals surface area contributed by atoms with Crippen LogP contribution < -0.4 is 9.47 Å². The lowest BCUT2D eigenvalue weighted by Gasteiger charge is -2.21. The summed E-state index contributed by atoms with van der Waals surface area (Å²) >= 11 is 3.27. The van der Waals surface area contributed by atoms with Crippen molar-refractivity contribution in [3.05, 3.63) is 22.3 Å². The average molecular weight is 355 g/mol. The topological polar surface area (TPSA) is 93.8 Å². The van der Waals surface area contributed by atoms with Crippen molar-refractivity contribution in [1.82, 2.24) is 9.78 Å². The standard InChI is InChI=1S/C13H11BrN2O5/c1-16-8(5-7(15-16)13(18)19)6-4-9-12(10(14)11(6)17)21-3-2-20-9/h4-5,17H,2-3H2,1H3,(H,18,19). The first-order valence-electron chi connectivity index (χ1n) is 6.08. The summed E-state index contributed by atoms with van der Waals surface area (Å²) in [5, 5.41) is 23.2. The molecule has 0 fully saturated rings. The SMILES string of the molecule is Cn1nc(C(=O)O)cc1-c1cc2c(c(Br)c1O)OCCO2. The maximum Gasteiger partial charge on any atom is 0.356 e. The van der Waals surface area contributed by atoms with E-state index in [0.717, 1.165) is 0 Å². The zero-order valence-electron chi connectivity index (χ0n) is 11.0. The molecule has 0 amide bonds. The number of hydrogen-bond donors (Lipinski definition) is 2. The van der Waals surface area contributed by atoms with Gasteiger partial charge in [0.05, 0.1) is 5.69 Å². The predicted octanol–water partition coefficient (Wildman–Crippen LogP) is 2.02. The van der Waals surface area contributed by atoms with Gasteiger partial charge in [0, 0.05) is 12.6 Å². The molecule has 0 radical (unpaired) electrons. The van der Waals surface area contributed by atoms with Crippen LogP contribution in [0.2, 0.25) is 0 Å². The Morgan fingerprint density at radius 1 is 1.38 bits per heavy atom. The minimum atomic E-state index is -1.13. The van der Waals surface area contributed by atoms with Crippen molar-refractivity contribution in [2.45, 2.75) is 0 Å². The highest BCUT2D eigenvalue weighted by Crippen LogP contribution is 2.48. The number of aromatic hydroxyl groups is 1. The van der Waals surface area contributed by atoms with Crippen LogP contribution in [0.25, 0.3) is 11.3 Å². The van der Waals surface area contributed by atoms with E-state index in [-0.39, 0.29) is 11.4 Å². The van der Waals surface area contributed by atoms with Gasteiger partial charge in [-0.3, -0.25) is 4.68 Å². The first-order valence-corrected chi connectivity index (χ1v) is 6.87. The Kier molecular flexibility index (Phi) is 3.25. The molecule has 0 spiro atoms. The normalized spacial score (nSPS) is 13.2. The molecular formula is C13H11BrN2O5. The monoisotopic (exact) mass is 354 g/mol. The maximum absolute atomic E-state index is 11.0. The van der Waals surface area contributed by atoms with Crippen molar-refractivity contribution >= 4 is 21.9 Å². The summed E-state index contributed by atoms with van der Waals surface area (Å²) in [5.74, 6) is -0.269. The summed E-state index contributed by atoms with van der Waals surface area (Å²) in [5.41, 5.74) is 0.772. The van der Waals surface area contributed by atoms with E-state index in [1.165, 1.54) is 10.7 Å². The minimum absolute atomic E-state index is 0.0563. The number of hydrogen-bond acceptors (Lipinski definition) is 5. The third-order valence-electron chi connectivity index (χ3n) is 3.12. The number of halogens is 1. The van der Waals surface area contributed by atoms with Gasteiger partial charge in [-0.25, -0.2) is 4.79 Å². The Labute approximate surface area is 127 Å². The van der Waals surface area contributed by atoms with Crippen LogP contribution in [0.1, 0.15) is 10.5 Å². The van der Waals surface area contributed by atoms with Gasteiger partial charge in [0.15, 0.2) is 17.2 Å². The minimum Gasteiger partial charge on any atom is -0.506 e. The lowest BCUT2D eigenvalue weighted by atomic mass is 10.1. The number of carbonyl (C=O) groups is 1. The lowest BCUT2D eigenvalue weighted by molar-refractivity contribution is 0.0689. The molecule has 7 nitrogen and oxygen atoms in total. The fourth-order valence-corrected chi connectivity index (χ4v) is 2.68. The fourth-order valence-electron chi connectivity index (χ4n) is 2.16. The molecule has 0 saturated heterocycles. The van der Waals surface area contributed by atoms with Gasteiger partial charge in [-0.15, -0.1) is 0 Å². The molecule has 2 N–H and O–H groups in total. The second-order valence-corrected chi connectivity index (χ2v) is 5.25. The van der Waals surface area contributed by atoms with Crippen molar-refractivity contribution in [3.8, 4) is 28.5 Å². The van der Waals surface area contributed by atoms with Crippen molar-refractivity contribution in [2.75, 3.05) is 13.2 Å². The Morgan fingerprint density at radius 3 is 2.76 bits per heavy atom. The lowest BCUT2D eigenvalue weighted by Crippen LogP contribution is -2.15. The number of nitrogens with zero attached hydrogens (tertiary/aromatic N) is 2. The maximum atomic E-state index is 11.0. The molecule has 1 aromatic heterocycles. The number of rotatable bonds is 2. The van der Waals surface area contributed by atoms with Gasteiger partial charge in [0.25, 0.3) is 0 Å². The molecule has 0 unspecified atom stereocenters. The number of phenolic OH excluding ortho intramolecular Hbond substituents is 1. The molecule has 8 heteroatoms. The van der Waals surface area contributed by atoms with Gasteiger partial charge in [0.2, 0.25) is 0 Å². The summed E-state index contributed by atoms with van der Waals surface area (Å²) in [4.78, 5) is 11.0. The smallest absolute Gasteiger partial charge is 0.356 e. The van der Waals surface area contributed by atoms with Crippen LogP contribution in [0.15, 0.2) is 16.6 Å². The highest BCUT2D eigenvalue weighted by Gasteiger charge is 2.24. The summed E-state index contributed by atoms with van der Waals surface area (Å²) < 4.78 is 12.7. The number of aromatic nitrogens is 2. The van der Waals surface area contributed by atoms with E-state index in [1.807, 2.05) is 0 Å². The van der Waals surface area contributed by atoms with Crippen LogP contribution in [0.3, 0.4) is 0 Å². The number of aryl methyl sites for hydroxylation is 1. The number of benzene rings is 1. The molecule has 2 heterocycles. The van der Waals surface area contributed by atoms with Gasteiger partial charge < -0.3 is 19.7 Å². The molecule has 0 atom stereocenters. The van der Waals surface area contributed by atoms with Gasteiger partial charge in [0.1, 0.15) is 23.4 Å². The number of carboxylic acid groups (broad SMARTS) is 1. The molecular weight excluding hydrogens is 344 g/mol. The molecule has 1 aromatic carbocycles. The highest BCUT2D eigenvalue weighted by molar-refractivity contribution is 9.10. The molecule has 1 aliphatic heterocycles. The molecule has 0 aliphatic carbocycles. The van der Waals surface area contributed by atoms with E-state index in [2.05, 4.69) is 21.0 Å². The van der Waals surface area contributed by atoms with E-state index >= 15 is 0 Å².